The molecular weight excluding hydrogens is 518 g/mol. The number of halogens is 5. The van der Waals surface area contributed by atoms with Gasteiger partial charge in [0.25, 0.3) is 0 Å². The maximum absolute atomic E-state index is 12.9. The molecule has 0 radical (unpaired) electrons. The molecule has 2 atom stereocenters. The molecule has 0 amide bonds. The van der Waals surface area contributed by atoms with Crippen molar-refractivity contribution in [1.82, 2.24) is 19.7 Å². The van der Waals surface area contributed by atoms with Gasteiger partial charge in [0.05, 0.1) is 5.56 Å². The van der Waals surface area contributed by atoms with Crippen LogP contribution in [0.2, 0.25) is 0 Å². The van der Waals surface area contributed by atoms with Crippen molar-refractivity contribution < 1.29 is 13.2 Å². The van der Waals surface area contributed by atoms with Crippen LogP contribution in [0.15, 0.2) is 29.4 Å². The molecule has 5 nitrogen and oxygen atoms in total. The average molecular weight is 553 g/mol. The lowest BCUT2D eigenvalue weighted by atomic mass is 10.0. The number of anilines is 1. The highest BCUT2D eigenvalue weighted by molar-refractivity contribution is 7.99. The molecule has 1 aromatic heterocycles. The van der Waals surface area contributed by atoms with E-state index in [0.717, 1.165) is 61.4 Å². The zero-order chi connectivity index (χ0) is 23.0. The van der Waals surface area contributed by atoms with E-state index in [2.05, 4.69) is 31.6 Å². The molecule has 2 saturated heterocycles. The summed E-state index contributed by atoms with van der Waals surface area (Å²) in [5, 5.41) is 9.91. The lowest BCUT2D eigenvalue weighted by molar-refractivity contribution is -0.137. The second-order valence-corrected chi connectivity index (χ2v) is 10.8. The molecule has 2 aromatic rings. The third kappa shape index (κ3) is 6.22. The number of aromatic nitrogens is 3. The minimum atomic E-state index is -4.28. The summed E-state index contributed by atoms with van der Waals surface area (Å²) >= 11 is 1.79. The van der Waals surface area contributed by atoms with E-state index in [4.69, 9.17) is 0 Å². The van der Waals surface area contributed by atoms with Gasteiger partial charge >= 0.3 is 6.18 Å². The Balaban J connectivity index is 0.00000171. The van der Waals surface area contributed by atoms with Gasteiger partial charge < -0.3 is 14.4 Å². The largest absolute Gasteiger partial charge is 0.416 e. The van der Waals surface area contributed by atoms with Gasteiger partial charge in [0.2, 0.25) is 0 Å². The van der Waals surface area contributed by atoms with E-state index in [9.17, 15) is 13.2 Å². The summed E-state index contributed by atoms with van der Waals surface area (Å²) in [7, 11) is 2.09. The standard InChI is InChI=1S/C24H32F3N5S.2ClH/c1-30-22(17-5-2-3-6-17)28-29-23(30)33-14-4-12-31-15-18-11-13-32(21(18)16-31)20-9-7-19(8-10-20)24(25,26)27;;/h7-10,17-18,21H,2-6,11-16H2,1H3;2*1H/t18-,21+;;/m1../s1. The molecule has 3 aliphatic rings. The Bertz CT molecular complexity index is 950. The van der Waals surface area contributed by atoms with E-state index in [0.29, 0.717) is 17.9 Å². The van der Waals surface area contributed by atoms with Crippen LogP contribution < -0.4 is 4.90 Å². The molecule has 1 aromatic carbocycles. The number of fused-ring (bicyclic) bond motifs is 1. The highest BCUT2D eigenvalue weighted by Crippen LogP contribution is 2.37. The second kappa shape index (κ2) is 11.9. The van der Waals surface area contributed by atoms with Gasteiger partial charge in [-0.3, -0.25) is 0 Å². The average Bonchev–Trinajstić information content (AvgIpc) is 3.56. The molecule has 11 heteroatoms. The fourth-order valence-corrected chi connectivity index (χ4v) is 6.68. The lowest BCUT2D eigenvalue weighted by Crippen LogP contribution is -2.35. The molecule has 35 heavy (non-hydrogen) atoms. The van der Waals surface area contributed by atoms with E-state index in [1.165, 1.54) is 37.8 Å². The third-order valence-corrected chi connectivity index (χ3v) is 8.69. The van der Waals surface area contributed by atoms with Gasteiger partial charge in [-0.15, -0.1) is 35.0 Å². The van der Waals surface area contributed by atoms with Crippen LogP contribution in [-0.2, 0) is 13.2 Å². The Labute approximate surface area is 222 Å². The van der Waals surface area contributed by atoms with E-state index in [-0.39, 0.29) is 24.8 Å². The predicted octanol–water partition coefficient (Wildman–Crippen LogP) is 6.03. The highest BCUT2D eigenvalue weighted by Gasteiger charge is 2.41. The van der Waals surface area contributed by atoms with Crippen LogP contribution in [0.3, 0.4) is 0 Å². The maximum atomic E-state index is 12.9. The van der Waals surface area contributed by atoms with Crippen molar-refractivity contribution in [3.8, 4) is 0 Å². The van der Waals surface area contributed by atoms with Crippen LogP contribution in [0.5, 0.6) is 0 Å². The van der Waals surface area contributed by atoms with Gasteiger partial charge in [0.1, 0.15) is 5.82 Å². The van der Waals surface area contributed by atoms with Gasteiger partial charge in [-0.2, -0.15) is 13.2 Å². The zero-order valence-electron chi connectivity index (χ0n) is 19.9. The monoisotopic (exact) mass is 551 g/mol. The molecule has 5 rings (SSSR count). The molecule has 3 heterocycles. The Kier molecular flexibility index (Phi) is 9.68. The molecule has 0 spiro atoms. The summed E-state index contributed by atoms with van der Waals surface area (Å²) in [5.74, 6) is 3.34. The fourth-order valence-electron chi connectivity index (χ4n) is 5.84. The first-order chi connectivity index (χ1) is 15.9. The minimum absolute atomic E-state index is 0. The Morgan fingerprint density at radius 1 is 1.00 bits per heavy atom. The van der Waals surface area contributed by atoms with Crippen LogP contribution in [-0.4, -0.2) is 57.6 Å². The molecule has 1 aliphatic carbocycles. The summed E-state index contributed by atoms with van der Waals surface area (Å²) < 4.78 is 40.8. The number of hydrogen-bond donors (Lipinski definition) is 0. The van der Waals surface area contributed by atoms with Gasteiger partial charge in [-0.25, -0.2) is 0 Å². The molecular formula is C24H34Cl2F3N5S. The van der Waals surface area contributed by atoms with Gasteiger partial charge in [0.15, 0.2) is 5.16 Å². The van der Waals surface area contributed by atoms with Crippen molar-refractivity contribution in [2.24, 2.45) is 13.0 Å². The summed E-state index contributed by atoms with van der Waals surface area (Å²) in [6.45, 7) is 4.06. The quantitative estimate of drug-likeness (QED) is 0.310. The molecule has 2 aliphatic heterocycles. The van der Waals surface area contributed by atoms with Crippen molar-refractivity contribution in [3.63, 3.8) is 0 Å². The first-order valence-corrected chi connectivity index (χ1v) is 13.1. The number of thioether (sulfide) groups is 1. The van der Waals surface area contributed by atoms with Gasteiger partial charge in [-0.1, -0.05) is 24.6 Å². The third-order valence-electron chi connectivity index (χ3n) is 7.59. The molecule has 0 unspecified atom stereocenters. The summed E-state index contributed by atoms with van der Waals surface area (Å²) in [5.41, 5.74) is 0.332. The smallest absolute Gasteiger partial charge is 0.367 e. The zero-order valence-corrected chi connectivity index (χ0v) is 22.4. The molecule has 196 valence electrons. The number of rotatable bonds is 7. The predicted molar refractivity (Wildman–Crippen MR) is 139 cm³/mol. The van der Waals surface area contributed by atoms with E-state index < -0.39 is 11.7 Å². The summed E-state index contributed by atoms with van der Waals surface area (Å²) in [6.07, 6.45) is 2.99. The molecule has 1 saturated carbocycles. The number of nitrogens with zero attached hydrogens (tertiary/aromatic N) is 5. The normalized spacial score (nSPS) is 22.8. The fraction of sp³-hybridized carbons (Fsp3) is 0.667. The van der Waals surface area contributed by atoms with Crippen molar-refractivity contribution in [2.75, 3.05) is 36.8 Å². The lowest BCUT2D eigenvalue weighted by Gasteiger charge is -2.27. The van der Waals surface area contributed by atoms with Crippen LogP contribution in [0.25, 0.3) is 0 Å². The van der Waals surface area contributed by atoms with Crippen LogP contribution >= 0.6 is 36.6 Å². The number of alkyl halides is 3. The highest BCUT2D eigenvalue weighted by atomic mass is 35.5. The van der Waals surface area contributed by atoms with Gasteiger partial charge in [0, 0.05) is 50.1 Å². The first kappa shape index (κ1) is 28.4. The number of benzene rings is 1. The molecule has 0 bridgehead atoms. The van der Waals surface area contributed by atoms with E-state index in [1.54, 1.807) is 23.9 Å². The van der Waals surface area contributed by atoms with Crippen LogP contribution in [0.1, 0.15) is 55.8 Å². The van der Waals surface area contributed by atoms with Crippen molar-refractivity contribution in [1.29, 1.82) is 0 Å². The topological polar surface area (TPSA) is 37.2 Å². The first-order valence-electron chi connectivity index (χ1n) is 12.1. The van der Waals surface area contributed by atoms with Crippen molar-refractivity contribution in [3.05, 3.63) is 35.7 Å². The van der Waals surface area contributed by atoms with Crippen LogP contribution in [0.4, 0.5) is 18.9 Å². The van der Waals surface area contributed by atoms with Crippen LogP contribution in [0, 0.1) is 5.92 Å². The number of hydrogen-bond acceptors (Lipinski definition) is 5. The number of likely N-dealkylation sites (tertiary alicyclic amines) is 1. The Morgan fingerprint density at radius 3 is 2.40 bits per heavy atom. The van der Waals surface area contributed by atoms with E-state index >= 15 is 0 Å². The van der Waals surface area contributed by atoms with Crippen molar-refractivity contribution in [2.45, 2.75) is 61.8 Å². The SMILES string of the molecule is Cl.Cl.Cn1c(SCCCN2C[C@H]3CCN(c4ccc(C(F)(F)F)cc4)[C@H]3C2)nnc1C1CCCC1. The molecule has 0 N–H and O–H groups in total. The maximum Gasteiger partial charge on any atom is 0.416 e. The van der Waals surface area contributed by atoms with Crippen molar-refractivity contribution >= 4 is 42.3 Å². The Hall–Kier alpha value is -1.16. The van der Waals surface area contributed by atoms with E-state index in [1.807, 2.05) is 0 Å². The summed E-state index contributed by atoms with van der Waals surface area (Å²) in [4.78, 5) is 4.83. The van der Waals surface area contributed by atoms with Gasteiger partial charge in [-0.05, 0) is 62.4 Å². The summed E-state index contributed by atoms with van der Waals surface area (Å²) in [6, 6.07) is 6.08. The second-order valence-electron chi connectivity index (χ2n) is 9.70. The Morgan fingerprint density at radius 2 is 1.71 bits per heavy atom. The minimum Gasteiger partial charge on any atom is -0.367 e. The molecule has 3 fully saturated rings.